The van der Waals surface area contributed by atoms with Crippen LogP contribution in [0.4, 0.5) is 5.82 Å². The summed E-state index contributed by atoms with van der Waals surface area (Å²) in [6.45, 7) is 6.21. The van der Waals surface area contributed by atoms with Crippen LogP contribution in [0.3, 0.4) is 0 Å². The highest BCUT2D eigenvalue weighted by Gasteiger charge is 2.19. The molecule has 2 heterocycles. The Balaban J connectivity index is 2.31. The minimum Gasteiger partial charge on any atom is -0.384 e. The van der Waals surface area contributed by atoms with Gasteiger partial charge in [-0.25, -0.2) is 9.97 Å². The number of hydrogen-bond donors (Lipinski definition) is 1. The van der Waals surface area contributed by atoms with Crippen LogP contribution < -0.4 is 5.73 Å². The van der Waals surface area contributed by atoms with Gasteiger partial charge in [0.2, 0.25) is 0 Å². The van der Waals surface area contributed by atoms with E-state index in [2.05, 4.69) is 35.8 Å². The summed E-state index contributed by atoms with van der Waals surface area (Å²) in [5, 5.41) is 4.98. The Bertz CT molecular complexity index is 556. The van der Waals surface area contributed by atoms with Gasteiger partial charge in [0, 0.05) is 24.7 Å². The minimum absolute atomic E-state index is 0.111. The first-order valence-electron chi connectivity index (χ1n) is 5.66. The van der Waals surface area contributed by atoms with E-state index in [4.69, 9.17) is 5.73 Å². The van der Waals surface area contributed by atoms with Gasteiger partial charge in [-0.3, -0.25) is 4.68 Å². The van der Waals surface area contributed by atoms with Gasteiger partial charge in [0.25, 0.3) is 0 Å². The Hall–Kier alpha value is -1.56. The largest absolute Gasteiger partial charge is 0.384 e. The van der Waals surface area contributed by atoms with Gasteiger partial charge in [-0.15, -0.1) is 0 Å². The van der Waals surface area contributed by atoms with Gasteiger partial charge in [-0.05, 0) is 0 Å². The molecule has 18 heavy (non-hydrogen) atoms. The fourth-order valence-corrected chi connectivity index (χ4v) is 2.26. The monoisotopic (exact) mass is 263 g/mol. The molecule has 0 atom stereocenters. The maximum absolute atomic E-state index is 5.83. The van der Waals surface area contributed by atoms with Gasteiger partial charge in [-0.1, -0.05) is 32.5 Å². The van der Waals surface area contributed by atoms with E-state index in [0.717, 1.165) is 15.7 Å². The Kier molecular flexibility index (Phi) is 3.30. The number of nitrogens with zero attached hydrogens (tertiary/aromatic N) is 4. The van der Waals surface area contributed by atoms with Gasteiger partial charge >= 0.3 is 0 Å². The normalized spacial score (nSPS) is 11.8. The fraction of sp³-hybridized carbons (Fsp3) is 0.417. The fourth-order valence-electron chi connectivity index (χ4n) is 1.40. The third-order valence-electron chi connectivity index (χ3n) is 2.30. The van der Waals surface area contributed by atoms with E-state index in [0.29, 0.717) is 5.82 Å². The van der Waals surface area contributed by atoms with Crippen LogP contribution in [0.5, 0.6) is 0 Å². The first-order chi connectivity index (χ1) is 8.34. The molecular formula is C12H17N5S. The minimum atomic E-state index is -0.111. The lowest BCUT2D eigenvalue weighted by Crippen LogP contribution is -2.17. The van der Waals surface area contributed by atoms with E-state index < -0.39 is 0 Å². The lowest BCUT2D eigenvalue weighted by Gasteiger charge is -2.17. The second kappa shape index (κ2) is 4.61. The maximum atomic E-state index is 5.83. The highest BCUT2D eigenvalue weighted by molar-refractivity contribution is 7.99. The Labute approximate surface area is 111 Å². The van der Waals surface area contributed by atoms with Crippen molar-refractivity contribution in [1.82, 2.24) is 19.7 Å². The van der Waals surface area contributed by atoms with Crippen LogP contribution in [0.2, 0.25) is 0 Å². The first kappa shape index (κ1) is 12.9. The molecule has 0 aliphatic carbocycles. The topological polar surface area (TPSA) is 69.6 Å². The van der Waals surface area contributed by atoms with Crippen molar-refractivity contribution < 1.29 is 0 Å². The van der Waals surface area contributed by atoms with Crippen molar-refractivity contribution >= 4 is 17.6 Å². The van der Waals surface area contributed by atoms with E-state index in [1.807, 2.05) is 13.2 Å². The molecule has 6 heteroatoms. The van der Waals surface area contributed by atoms with Crippen molar-refractivity contribution in [2.45, 2.75) is 36.1 Å². The predicted octanol–water partition coefficient (Wildman–Crippen LogP) is 2.24. The molecule has 0 radical (unpaired) electrons. The average Bonchev–Trinajstić information content (AvgIpc) is 2.61. The zero-order valence-electron chi connectivity index (χ0n) is 11.0. The third-order valence-corrected chi connectivity index (χ3v) is 3.16. The lowest BCUT2D eigenvalue weighted by molar-refractivity contribution is 0.540. The SMILES string of the molecule is Cn1cc(Sc2cc(N)nc(C(C)(C)C)n2)cn1. The van der Waals surface area contributed by atoms with Crippen LogP contribution in [-0.2, 0) is 12.5 Å². The molecule has 0 aromatic carbocycles. The first-order valence-corrected chi connectivity index (χ1v) is 6.48. The Morgan fingerprint density at radius 1 is 1.28 bits per heavy atom. The Morgan fingerprint density at radius 2 is 2.00 bits per heavy atom. The summed E-state index contributed by atoms with van der Waals surface area (Å²) >= 11 is 1.54. The molecule has 2 rings (SSSR count). The summed E-state index contributed by atoms with van der Waals surface area (Å²) in [4.78, 5) is 9.87. The molecule has 0 unspecified atom stereocenters. The van der Waals surface area contributed by atoms with E-state index in [1.165, 1.54) is 11.8 Å². The summed E-state index contributed by atoms with van der Waals surface area (Å²) in [7, 11) is 1.89. The molecule has 2 aromatic rings. The standard InChI is InChI=1S/C12H17N5S/c1-12(2,3)11-15-9(13)5-10(16-11)18-8-6-14-17(4)7-8/h5-7H,1-4H3,(H2,13,15,16). The van der Waals surface area contributed by atoms with Crippen LogP contribution in [0.1, 0.15) is 26.6 Å². The molecule has 0 saturated heterocycles. The van der Waals surface area contributed by atoms with E-state index in [1.54, 1.807) is 16.9 Å². The van der Waals surface area contributed by atoms with Gasteiger partial charge in [-0.2, -0.15) is 5.10 Å². The number of aryl methyl sites for hydroxylation is 1. The quantitative estimate of drug-likeness (QED) is 0.841. The van der Waals surface area contributed by atoms with Crippen molar-refractivity contribution in [2.24, 2.45) is 7.05 Å². The number of anilines is 1. The van der Waals surface area contributed by atoms with Crippen molar-refractivity contribution in [3.63, 3.8) is 0 Å². The zero-order chi connectivity index (χ0) is 13.3. The smallest absolute Gasteiger partial charge is 0.137 e. The molecule has 0 saturated carbocycles. The average molecular weight is 263 g/mol. The summed E-state index contributed by atoms with van der Waals surface area (Å²) in [6.07, 6.45) is 3.75. The van der Waals surface area contributed by atoms with E-state index in [-0.39, 0.29) is 5.41 Å². The van der Waals surface area contributed by atoms with Crippen LogP contribution in [0.15, 0.2) is 28.4 Å². The third kappa shape index (κ3) is 3.01. The summed E-state index contributed by atoms with van der Waals surface area (Å²) in [6, 6.07) is 1.78. The summed E-state index contributed by atoms with van der Waals surface area (Å²) in [5.74, 6) is 1.26. The van der Waals surface area contributed by atoms with Crippen molar-refractivity contribution in [2.75, 3.05) is 5.73 Å². The lowest BCUT2D eigenvalue weighted by atomic mass is 9.96. The van der Waals surface area contributed by atoms with Crippen molar-refractivity contribution in [3.8, 4) is 0 Å². The molecule has 0 aliphatic rings. The van der Waals surface area contributed by atoms with Crippen molar-refractivity contribution in [3.05, 3.63) is 24.3 Å². The Morgan fingerprint density at radius 3 is 2.56 bits per heavy atom. The molecule has 0 fully saturated rings. The molecule has 0 spiro atoms. The zero-order valence-corrected chi connectivity index (χ0v) is 11.8. The van der Waals surface area contributed by atoms with Gasteiger partial charge in [0.1, 0.15) is 16.7 Å². The van der Waals surface area contributed by atoms with Gasteiger partial charge < -0.3 is 5.73 Å². The molecule has 0 bridgehead atoms. The van der Waals surface area contributed by atoms with Crippen LogP contribution >= 0.6 is 11.8 Å². The molecule has 96 valence electrons. The van der Waals surface area contributed by atoms with Crippen LogP contribution in [-0.4, -0.2) is 19.7 Å². The second-order valence-corrected chi connectivity index (χ2v) is 6.25. The number of aromatic nitrogens is 4. The molecule has 2 N–H and O–H groups in total. The molecule has 5 nitrogen and oxygen atoms in total. The summed E-state index contributed by atoms with van der Waals surface area (Å²) in [5.41, 5.74) is 5.72. The van der Waals surface area contributed by atoms with Crippen LogP contribution in [0.25, 0.3) is 0 Å². The number of nitrogen functional groups attached to an aromatic ring is 1. The van der Waals surface area contributed by atoms with Gasteiger partial charge in [0.05, 0.1) is 11.1 Å². The van der Waals surface area contributed by atoms with Gasteiger partial charge in [0.15, 0.2) is 0 Å². The highest BCUT2D eigenvalue weighted by atomic mass is 32.2. The second-order valence-electron chi connectivity index (χ2n) is 5.16. The highest BCUT2D eigenvalue weighted by Crippen LogP contribution is 2.28. The van der Waals surface area contributed by atoms with Crippen LogP contribution in [0, 0.1) is 0 Å². The van der Waals surface area contributed by atoms with E-state index in [9.17, 15) is 0 Å². The van der Waals surface area contributed by atoms with Crippen molar-refractivity contribution in [1.29, 1.82) is 0 Å². The number of hydrogen-bond acceptors (Lipinski definition) is 5. The molecule has 0 aliphatic heterocycles. The number of rotatable bonds is 2. The number of nitrogens with two attached hydrogens (primary N) is 1. The predicted molar refractivity (Wildman–Crippen MR) is 72.5 cm³/mol. The molecule has 2 aromatic heterocycles. The van der Waals surface area contributed by atoms with E-state index >= 15 is 0 Å². The maximum Gasteiger partial charge on any atom is 0.137 e. The molecular weight excluding hydrogens is 246 g/mol. The summed E-state index contributed by atoms with van der Waals surface area (Å²) < 4.78 is 1.76. The molecule has 0 amide bonds.